The molecule has 0 spiro atoms. The third kappa shape index (κ3) is 3.26. The van der Waals surface area contributed by atoms with E-state index in [4.69, 9.17) is 4.74 Å². The quantitative estimate of drug-likeness (QED) is 0.827. The first-order chi connectivity index (χ1) is 9.16. The van der Waals surface area contributed by atoms with Crippen LogP contribution in [0.15, 0.2) is 30.3 Å². The number of benzene rings is 1. The summed E-state index contributed by atoms with van der Waals surface area (Å²) in [5.74, 6) is 0.0456. The van der Waals surface area contributed by atoms with Crippen LogP contribution in [-0.2, 0) is 4.79 Å². The summed E-state index contributed by atoms with van der Waals surface area (Å²) in [6.45, 7) is 2.76. The van der Waals surface area contributed by atoms with Crippen molar-refractivity contribution in [3.63, 3.8) is 0 Å². The topological polar surface area (TPSA) is 58.6 Å². The van der Waals surface area contributed by atoms with Crippen molar-refractivity contribution in [2.75, 3.05) is 6.54 Å². The van der Waals surface area contributed by atoms with E-state index in [0.717, 1.165) is 25.1 Å². The average Bonchev–Trinajstić information content (AvgIpc) is 2.82. The van der Waals surface area contributed by atoms with Crippen molar-refractivity contribution in [1.82, 2.24) is 5.32 Å². The van der Waals surface area contributed by atoms with Gasteiger partial charge in [-0.2, -0.15) is 0 Å². The second-order valence-corrected chi connectivity index (χ2v) is 5.11. The van der Waals surface area contributed by atoms with Gasteiger partial charge in [-0.05, 0) is 37.9 Å². The molecule has 104 valence electrons. The Morgan fingerprint density at radius 1 is 1.47 bits per heavy atom. The fraction of sp³-hybridized carbons (Fsp3) is 0.533. The molecule has 1 aliphatic carbocycles. The second-order valence-electron chi connectivity index (χ2n) is 5.11. The van der Waals surface area contributed by atoms with Crippen LogP contribution in [0.2, 0.25) is 0 Å². The number of hydrogen-bond acceptors (Lipinski definition) is 3. The van der Waals surface area contributed by atoms with Crippen LogP contribution < -0.4 is 10.1 Å². The predicted molar refractivity (Wildman–Crippen MR) is 73.4 cm³/mol. The summed E-state index contributed by atoms with van der Waals surface area (Å²) in [5.41, 5.74) is -0.810. The van der Waals surface area contributed by atoms with Crippen LogP contribution >= 0.6 is 0 Å². The highest BCUT2D eigenvalue weighted by molar-refractivity contribution is 5.79. The Morgan fingerprint density at radius 3 is 2.84 bits per heavy atom. The summed E-state index contributed by atoms with van der Waals surface area (Å²) in [4.78, 5) is 11.5. The van der Waals surface area contributed by atoms with Gasteiger partial charge in [-0.15, -0.1) is 0 Å². The number of rotatable bonds is 6. The Hall–Kier alpha value is -1.55. The normalized spacial score (nSPS) is 26.3. The van der Waals surface area contributed by atoms with Crippen LogP contribution in [0, 0.1) is 0 Å². The number of hydrogen-bond donors (Lipinski definition) is 2. The number of carbonyl (C=O) groups is 1. The molecule has 1 aromatic carbocycles. The molecule has 0 heterocycles. The van der Waals surface area contributed by atoms with E-state index in [1.807, 2.05) is 37.3 Å². The number of aliphatic carboxylic acids is 1. The average molecular weight is 263 g/mol. The second kappa shape index (κ2) is 6.06. The Balaban J connectivity index is 1.98. The molecule has 1 aliphatic rings. The molecule has 19 heavy (non-hydrogen) atoms. The zero-order valence-corrected chi connectivity index (χ0v) is 11.3. The van der Waals surface area contributed by atoms with Gasteiger partial charge < -0.3 is 15.2 Å². The van der Waals surface area contributed by atoms with Crippen molar-refractivity contribution in [2.45, 2.75) is 44.2 Å². The number of carboxylic acids is 1. The Morgan fingerprint density at radius 2 is 2.21 bits per heavy atom. The molecule has 0 amide bonds. The summed E-state index contributed by atoms with van der Waals surface area (Å²) in [5, 5.41) is 12.6. The highest BCUT2D eigenvalue weighted by Gasteiger charge is 2.46. The predicted octanol–water partition coefficient (Wildman–Crippen LogP) is 2.44. The van der Waals surface area contributed by atoms with E-state index in [-0.39, 0.29) is 6.10 Å². The number of ether oxygens (including phenoxy) is 1. The highest BCUT2D eigenvalue weighted by Crippen LogP contribution is 2.33. The van der Waals surface area contributed by atoms with E-state index in [1.54, 1.807) is 0 Å². The van der Waals surface area contributed by atoms with Gasteiger partial charge in [0.25, 0.3) is 0 Å². The zero-order valence-electron chi connectivity index (χ0n) is 11.3. The standard InChI is InChI=1S/C15H21NO3/c1-2-10-16-15(14(17)18)9-8-13(11-15)19-12-6-4-3-5-7-12/h3-7,13,16H,2,8-11H2,1H3,(H,17,18). The Bertz CT molecular complexity index is 421. The molecule has 0 radical (unpaired) electrons. The first-order valence-electron chi connectivity index (χ1n) is 6.86. The van der Waals surface area contributed by atoms with Gasteiger partial charge in [0.05, 0.1) is 0 Å². The lowest BCUT2D eigenvalue weighted by molar-refractivity contribution is -0.144. The van der Waals surface area contributed by atoms with E-state index < -0.39 is 11.5 Å². The monoisotopic (exact) mass is 263 g/mol. The minimum absolute atomic E-state index is 0.0251. The molecule has 2 N–H and O–H groups in total. The third-order valence-corrected chi connectivity index (χ3v) is 3.64. The van der Waals surface area contributed by atoms with Crippen LogP contribution in [0.25, 0.3) is 0 Å². The maximum Gasteiger partial charge on any atom is 0.324 e. The maximum atomic E-state index is 11.5. The molecular weight excluding hydrogens is 242 g/mol. The van der Waals surface area contributed by atoms with Gasteiger partial charge in [-0.25, -0.2) is 0 Å². The number of para-hydroxylation sites is 1. The van der Waals surface area contributed by atoms with E-state index in [0.29, 0.717) is 12.8 Å². The lowest BCUT2D eigenvalue weighted by Crippen LogP contribution is -2.50. The van der Waals surface area contributed by atoms with Gasteiger partial charge in [0.1, 0.15) is 17.4 Å². The Kier molecular flexibility index (Phi) is 4.43. The van der Waals surface area contributed by atoms with Crippen LogP contribution in [0.4, 0.5) is 0 Å². The van der Waals surface area contributed by atoms with Gasteiger partial charge in [0.2, 0.25) is 0 Å². The number of nitrogens with one attached hydrogen (secondary N) is 1. The van der Waals surface area contributed by atoms with E-state index in [2.05, 4.69) is 5.32 Å². The summed E-state index contributed by atoms with van der Waals surface area (Å²) in [6, 6.07) is 9.58. The molecule has 1 saturated carbocycles. The van der Waals surface area contributed by atoms with E-state index in [1.165, 1.54) is 0 Å². The molecule has 0 aliphatic heterocycles. The lowest BCUT2D eigenvalue weighted by Gasteiger charge is -2.25. The van der Waals surface area contributed by atoms with Crippen molar-refractivity contribution in [3.05, 3.63) is 30.3 Å². The fourth-order valence-electron chi connectivity index (χ4n) is 2.59. The van der Waals surface area contributed by atoms with Crippen LogP contribution in [0.5, 0.6) is 5.75 Å². The van der Waals surface area contributed by atoms with Gasteiger partial charge >= 0.3 is 5.97 Å². The van der Waals surface area contributed by atoms with Crippen molar-refractivity contribution >= 4 is 5.97 Å². The molecule has 2 unspecified atom stereocenters. The van der Waals surface area contributed by atoms with Gasteiger partial charge in [-0.1, -0.05) is 25.1 Å². The molecule has 1 fully saturated rings. The molecule has 4 nitrogen and oxygen atoms in total. The summed E-state index contributed by atoms with van der Waals surface area (Å²) in [6.07, 6.45) is 2.83. The summed E-state index contributed by atoms with van der Waals surface area (Å²) in [7, 11) is 0. The molecule has 4 heteroatoms. The van der Waals surface area contributed by atoms with Crippen LogP contribution in [0.1, 0.15) is 32.6 Å². The minimum Gasteiger partial charge on any atom is -0.490 e. The van der Waals surface area contributed by atoms with Gasteiger partial charge in [-0.3, -0.25) is 4.79 Å². The molecule has 0 saturated heterocycles. The van der Waals surface area contributed by atoms with E-state index >= 15 is 0 Å². The number of carboxylic acid groups (broad SMARTS) is 1. The lowest BCUT2D eigenvalue weighted by atomic mass is 9.97. The highest BCUT2D eigenvalue weighted by atomic mass is 16.5. The fourth-order valence-corrected chi connectivity index (χ4v) is 2.59. The minimum atomic E-state index is -0.810. The first-order valence-corrected chi connectivity index (χ1v) is 6.86. The largest absolute Gasteiger partial charge is 0.490 e. The molecule has 0 aromatic heterocycles. The SMILES string of the molecule is CCCNC1(C(=O)O)CCC(Oc2ccccc2)C1. The van der Waals surface area contributed by atoms with Crippen LogP contribution in [0.3, 0.4) is 0 Å². The maximum absolute atomic E-state index is 11.5. The molecule has 0 bridgehead atoms. The zero-order chi connectivity index (χ0) is 13.7. The first kappa shape index (κ1) is 13.9. The third-order valence-electron chi connectivity index (χ3n) is 3.64. The van der Waals surface area contributed by atoms with E-state index in [9.17, 15) is 9.90 Å². The molecule has 2 rings (SSSR count). The smallest absolute Gasteiger partial charge is 0.324 e. The van der Waals surface area contributed by atoms with Gasteiger partial charge in [0.15, 0.2) is 0 Å². The summed E-state index contributed by atoms with van der Waals surface area (Å²) >= 11 is 0. The van der Waals surface area contributed by atoms with Crippen molar-refractivity contribution < 1.29 is 14.6 Å². The van der Waals surface area contributed by atoms with Crippen LogP contribution in [-0.4, -0.2) is 29.3 Å². The molecular formula is C15H21NO3. The van der Waals surface area contributed by atoms with Gasteiger partial charge in [0, 0.05) is 6.42 Å². The van der Waals surface area contributed by atoms with Crippen molar-refractivity contribution in [3.8, 4) is 5.75 Å². The van der Waals surface area contributed by atoms with Crippen molar-refractivity contribution in [2.24, 2.45) is 0 Å². The molecule has 1 aromatic rings. The van der Waals surface area contributed by atoms with Crippen molar-refractivity contribution in [1.29, 1.82) is 0 Å². The molecule has 2 atom stereocenters. The Labute approximate surface area is 113 Å². The summed E-state index contributed by atoms with van der Waals surface area (Å²) < 4.78 is 5.86.